The second kappa shape index (κ2) is 22.4. The highest BCUT2D eigenvalue weighted by atomic mass is 15.2. The minimum Gasteiger partial charge on any atom is -0.311 e. The SMILES string of the molecule is [C-]#[N+]c1cc(-c2ccccc2)c(N2c3cc(-n4c5ccccc5c5ccccc54)ccc3B3c4ccc(-n5c6ccccc6c6ccccc65)cc4N(c4cc(-c5ccccc5)ccc4-c4cc(C(C)(C)C)cc(C(C)(C)C)c4)c4cc(C(C)(C)C)cc2c43)c(-c2ccccc2)c1. The number of hydrogen-bond acceptors (Lipinski definition) is 2. The normalized spacial score (nSPS) is 12.9. The Morgan fingerprint density at radius 3 is 1.12 bits per heavy atom. The Hall–Kier alpha value is -11.4. The van der Waals surface area contributed by atoms with Gasteiger partial charge in [0.05, 0.1) is 40.0 Å². The molecule has 13 aromatic carbocycles. The number of hydrogen-bond donors (Lipinski definition) is 0. The van der Waals surface area contributed by atoms with Gasteiger partial charge in [0.25, 0.3) is 6.71 Å². The first kappa shape index (κ1) is 59.4. The smallest absolute Gasteiger partial charge is 0.252 e. The van der Waals surface area contributed by atoms with E-state index in [9.17, 15) is 0 Å². The van der Waals surface area contributed by atoms with Crippen LogP contribution in [0.25, 0.3) is 104 Å². The molecule has 0 saturated heterocycles. The third kappa shape index (κ3) is 9.73. The van der Waals surface area contributed by atoms with Crippen LogP contribution in [0.4, 0.5) is 39.8 Å². The molecule has 0 bridgehead atoms. The molecule has 0 saturated carbocycles. The first-order valence-electron chi connectivity index (χ1n) is 34.0. The molecule has 0 radical (unpaired) electrons. The van der Waals surface area contributed by atoms with Gasteiger partial charge in [0.1, 0.15) is 0 Å². The molecule has 0 unspecified atom stereocenters. The van der Waals surface area contributed by atoms with E-state index in [0.29, 0.717) is 5.69 Å². The second-order valence-corrected chi connectivity index (χ2v) is 29.6. The Kier molecular flexibility index (Phi) is 13.7. The molecule has 0 aliphatic carbocycles. The summed E-state index contributed by atoms with van der Waals surface area (Å²) in [5.74, 6) is 0. The van der Waals surface area contributed by atoms with Crippen LogP contribution < -0.4 is 26.2 Å². The predicted octanol–water partition coefficient (Wildman–Crippen LogP) is 23.1. The van der Waals surface area contributed by atoms with Gasteiger partial charge in [-0.1, -0.05) is 269 Å². The van der Waals surface area contributed by atoms with Crippen LogP contribution >= 0.6 is 0 Å². The maximum atomic E-state index is 8.78. The topological polar surface area (TPSA) is 20.7 Å². The number of fused-ring (bicyclic) bond motifs is 10. The van der Waals surface area contributed by atoms with E-state index in [2.05, 4.69) is 371 Å². The fourth-order valence-corrected chi connectivity index (χ4v) is 15.6. The maximum Gasteiger partial charge on any atom is 0.252 e. The largest absolute Gasteiger partial charge is 0.311 e. The first-order valence-corrected chi connectivity index (χ1v) is 34.0. The molecule has 97 heavy (non-hydrogen) atoms. The van der Waals surface area contributed by atoms with Crippen LogP contribution in [0, 0.1) is 6.57 Å². The van der Waals surface area contributed by atoms with Crippen LogP contribution in [0.2, 0.25) is 0 Å². The fourth-order valence-electron chi connectivity index (χ4n) is 15.6. The Bertz CT molecular complexity index is 5530. The van der Waals surface area contributed by atoms with Crippen molar-refractivity contribution in [2.75, 3.05) is 9.80 Å². The second-order valence-electron chi connectivity index (χ2n) is 29.6. The van der Waals surface area contributed by atoms with Crippen molar-refractivity contribution in [1.29, 1.82) is 0 Å². The van der Waals surface area contributed by atoms with Gasteiger partial charge >= 0.3 is 0 Å². The lowest BCUT2D eigenvalue weighted by molar-refractivity contribution is 0.569. The summed E-state index contributed by atoms with van der Waals surface area (Å²) in [6, 6.07) is 106. The number of aromatic nitrogens is 2. The number of rotatable bonds is 8. The average Bonchev–Trinajstić information content (AvgIpc) is 1.62. The summed E-state index contributed by atoms with van der Waals surface area (Å²) in [7, 11) is 0. The third-order valence-electron chi connectivity index (χ3n) is 20.5. The summed E-state index contributed by atoms with van der Waals surface area (Å²) < 4.78 is 4.94. The molecule has 15 aromatic rings. The van der Waals surface area contributed by atoms with E-state index in [4.69, 9.17) is 6.57 Å². The van der Waals surface area contributed by atoms with E-state index in [1.54, 1.807) is 0 Å². The van der Waals surface area contributed by atoms with Crippen LogP contribution in [0.1, 0.15) is 79.0 Å². The monoisotopic (exact) mass is 1250 g/mol. The zero-order valence-electron chi connectivity index (χ0n) is 56.4. The molecule has 6 heteroatoms. The number of nitrogens with zero attached hydrogens (tertiary/aromatic N) is 5. The fraction of sp³-hybridized carbons (Fsp3) is 0.132. The molecule has 0 atom stereocenters. The first-order chi connectivity index (χ1) is 47.0. The van der Waals surface area contributed by atoms with Gasteiger partial charge in [0, 0.05) is 61.2 Å². The highest BCUT2D eigenvalue weighted by Gasteiger charge is 2.46. The summed E-state index contributed by atoms with van der Waals surface area (Å²) in [6.45, 7) is 29.7. The predicted molar refractivity (Wildman–Crippen MR) is 413 cm³/mol. The van der Waals surface area contributed by atoms with Gasteiger partial charge in [-0.3, -0.25) is 0 Å². The zero-order chi connectivity index (χ0) is 66.2. The Morgan fingerprint density at radius 2 is 0.691 bits per heavy atom. The van der Waals surface area contributed by atoms with Gasteiger partial charge in [-0.2, -0.15) is 0 Å². The number of para-hydroxylation sites is 4. The van der Waals surface area contributed by atoms with Crippen LogP contribution in [0.15, 0.2) is 285 Å². The van der Waals surface area contributed by atoms with Crippen LogP contribution in [-0.2, 0) is 16.2 Å². The molecule has 2 aliphatic heterocycles. The van der Waals surface area contributed by atoms with Crippen molar-refractivity contribution in [2.24, 2.45) is 0 Å². The van der Waals surface area contributed by atoms with Crippen molar-refractivity contribution in [3.8, 4) is 55.9 Å². The Labute approximate surface area is 569 Å². The molecular weight excluding hydrogens is 1170 g/mol. The molecule has 0 fully saturated rings. The van der Waals surface area contributed by atoms with Gasteiger partial charge in [0.15, 0.2) is 5.69 Å². The molecule has 0 N–H and O–H groups in total. The zero-order valence-corrected chi connectivity index (χ0v) is 56.4. The Morgan fingerprint density at radius 1 is 0.299 bits per heavy atom. The highest BCUT2D eigenvalue weighted by Crippen LogP contribution is 2.54. The lowest BCUT2D eigenvalue weighted by Gasteiger charge is -2.46. The summed E-state index contributed by atoms with van der Waals surface area (Å²) in [6.07, 6.45) is 0. The van der Waals surface area contributed by atoms with E-state index in [1.807, 2.05) is 0 Å². The van der Waals surface area contributed by atoms with Crippen molar-refractivity contribution in [3.63, 3.8) is 0 Å². The highest BCUT2D eigenvalue weighted by molar-refractivity contribution is 7.00. The molecule has 4 heterocycles. The molecule has 17 rings (SSSR count). The van der Waals surface area contributed by atoms with E-state index < -0.39 is 0 Å². The number of anilines is 6. The molecule has 2 aliphatic rings. The van der Waals surface area contributed by atoms with E-state index in [0.717, 1.165) is 107 Å². The lowest BCUT2D eigenvalue weighted by atomic mass is 9.33. The summed E-state index contributed by atoms with van der Waals surface area (Å²) in [5.41, 5.74) is 29.3. The standard InChI is InChI=1S/C91H74BN5/c1-89(2,3)63-48-62(49-64(51-63)90(4,5)6)69-45-42-61(58-28-14-11-15-29-58)50-82(69)96-83-56-67(94-78-38-24-20-34-70(78)71-35-21-25-39-79(71)94)43-46-76(83)92-77-47-44-68(95-80-40-26-22-36-72(80)73-37-23-27-41-81(73)95)57-84(77)97(86-53-65(91(7,8)9)52-85(96)87(86)92)88-74(59-30-16-12-17-31-59)54-66(93-10)55-75(88)60-32-18-13-19-33-60/h11-57H,1-9H3. The van der Waals surface area contributed by atoms with Crippen molar-refractivity contribution in [2.45, 2.75) is 78.6 Å². The lowest BCUT2D eigenvalue weighted by Crippen LogP contribution is -2.61. The maximum absolute atomic E-state index is 8.78. The quantitative estimate of drug-likeness (QED) is 0.112. The Balaban J connectivity index is 1.05. The van der Waals surface area contributed by atoms with Gasteiger partial charge in [-0.05, 0) is 167 Å². The third-order valence-corrected chi connectivity index (χ3v) is 20.5. The average molecular weight is 1250 g/mol. The summed E-state index contributed by atoms with van der Waals surface area (Å²) in [5, 5.41) is 4.86. The van der Waals surface area contributed by atoms with Crippen LogP contribution in [0.3, 0.4) is 0 Å². The molecule has 0 amide bonds. The molecule has 466 valence electrons. The van der Waals surface area contributed by atoms with Gasteiger partial charge in [-0.15, -0.1) is 0 Å². The van der Waals surface area contributed by atoms with Crippen molar-refractivity contribution < 1.29 is 0 Å². The van der Waals surface area contributed by atoms with Gasteiger partial charge < -0.3 is 18.9 Å². The van der Waals surface area contributed by atoms with Crippen molar-refractivity contribution in [1.82, 2.24) is 9.13 Å². The minimum atomic E-state index is -0.343. The van der Waals surface area contributed by atoms with Gasteiger partial charge in [-0.25, -0.2) is 4.85 Å². The van der Waals surface area contributed by atoms with Crippen molar-refractivity contribution >= 4 is 107 Å². The molecule has 5 nitrogen and oxygen atoms in total. The molecule has 2 aromatic heterocycles. The van der Waals surface area contributed by atoms with Gasteiger partial charge in [0.2, 0.25) is 0 Å². The van der Waals surface area contributed by atoms with Crippen LogP contribution in [-0.4, -0.2) is 15.8 Å². The minimum absolute atomic E-state index is 0.134. The van der Waals surface area contributed by atoms with Crippen molar-refractivity contribution in [3.05, 3.63) is 313 Å². The summed E-state index contributed by atoms with van der Waals surface area (Å²) in [4.78, 5) is 9.56. The van der Waals surface area contributed by atoms with E-state index in [-0.39, 0.29) is 23.0 Å². The molecular formula is C91H74BN5. The number of benzene rings is 13. The van der Waals surface area contributed by atoms with Crippen LogP contribution in [0.5, 0.6) is 0 Å². The summed E-state index contributed by atoms with van der Waals surface area (Å²) >= 11 is 0. The molecule has 0 spiro atoms. The van der Waals surface area contributed by atoms with E-state index >= 15 is 0 Å². The van der Waals surface area contributed by atoms with E-state index in [1.165, 1.54) is 60.2 Å².